The zero-order valence-electron chi connectivity index (χ0n) is 8.83. The van der Waals surface area contributed by atoms with E-state index in [1.165, 1.54) is 0 Å². The molecule has 1 fully saturated rings. The van der Waals surface area contributed by atoms with E-state index >= 15 is 0 Å². The van der Waals surface area contributed by atoms with Crippen molar-refractivity contribution in [3.05, 3.63) is 34.6 Å². The molecule has 0 amide bonds. The maximum Gasteiger partial charge on any atom is 0.146 e. The summed E-state index contributed by atoms with van der Waals surface area (Å²) < 4.78 is 13.6. The number of benzene rings is 1. The van der Waals surface area contributed by atoms with Crippen LogP contribution in [0.25, 0.3) is 0 Å². The van der Waals surface area contributed by atoms with Gasteiger partial charge in [0.1, 0.15) is 5.82 Å². The molecule has 90 valence electrons. The summed E-state index contributed by atoms with van der Waals surface area (Å²) in [6.07, 6.45) is 0.988. The van der Waals surface area contributed by atoms with Crippen molar-refractivity contribution in [3.8, 4) is 0 Å². The third-order valence-electron chi connectivity index (χ3n) is 2.73. The molecule has 1 aliphatic heterocycles. The Bertz CT molecular complexity index is 360. The van der Waals surface area contributed by atoms with Crippen LogP contribution in [0.3, 0.4) is 0 Å². The summed E-state index contributed by atoms with van der Waals surface area (Å²) in [7, 11) is 0. The van der Waals surface area contributed by atoms with E-state index in [1.807, 2.05) is 0 Å². The predicted molar refractivity (Wildman–Crippen MR) is 66.5 cm³/mol. The van der Waals surface area contributed by atoms with Gasteiger partial charge in [-0.3, -0.25) is 4.90 Å². The molecule has 16 heavy (non-hydrogen) atoms. The van der Waals surface area contributed by atoms with E-state index in [0.29, 0.717) is 12.1 Å². The van der Waals surface area contributed by atoms with Gasteiger partial charge >= 0.3 is 0 Å². The summed E-state index contributed by atoms with van der Waals surface area (Å²) >= 11 is 5.71. The van der Waals surface area contributed by atoms with E-state index in [-0.39, 0.29) is 29.3 Å². The van der Waals surface area contributed by atoms with Gasteiger partial charge in [-0.05, 0) is 12.5 Å². The van der Waals surface area contributed by atoms with Gasteiger partial charge in [-0.2, -0.15) is 0 Å². The standard InChI is InChI=1S/C11H14ClFN2.ClH/c12-10-3-1-2-8(11(10)13)6-15-5-4-9(14)7-15;/h1-3,9H,4-7,14H2;1H/t9-;/m1./s1. The number of halogens is 3. The highest BCUT2D eigenvalue weighted by Gasteiger charge is 2.20. The Balaban J connectivity index is 0.00000128. The van der Waals surface area contributed by atoms with Crippen molar-refractivity contribution in [1.82, 2.24) is 4.90 Å². The average molecular weight is 265 g/mol. The van der Waals surface area contributed by atoms with Gasteiger partial charge in [0, 0.05) is 31.2 Å². The van der Waals surface area contributed by atoms with Crippen molar-refractivity contribution < 1.29 is 4.39 Å². The number of likely N-dealkylation sites (tertiary alicyclic amines) is 1. The zero-order valence-corrected chi connectivity index (χ0v) is 10.4. The summed E-state index contributed by atoms with van der Waals surface area (Å²) in [6.45, 7) is 2.37. The first kappa shape index (κ1) is 13.7. The molecule has 0 saturated carbocycles. The molecule has 0 aromatic heterocycles. The second-order valence-electron chi connectivity index (χ2n) is 4.00. The van der Waals surface area contributed by atoms with E-state index in [2.05, 4.69) is 4.90 Å². The van der Waals surface area contributed by atoms with Crippen LogP contribution in [0.5, 0.6) is 0 Å². The largest absolute Gasteiger partial charge is 0.326 e. The van der Waals surface area contributed by atoms with Crippen LogP contribution < -0.4 is 5.73 Å². The maximum absolute atomic E-state index is 13.6. The molecule has 1 saturated heterocycles. The third kappa shape index (κ3) is 3.08. The number of nitrogens with two attached hydrogens (primary N) is 1. The number of hydrogen-bond donors (Lipinski definition) is 1. The first-order valence-electron chi connectivity index (χ1n) is 5.07. The Kier molecular flexibility index (Phi) is 4.99. The first-order chi connectivity index (χ1) is 7.16. The van der Waals surface area contributed by atoms with Gasteiger partial charge in [-0.25, -0.2) is 4.39 Å². The Hall–Kier alpha value is -0.350. The first-order valence-corrected chi connectivity index (χ1v) is 5.45. The monoisotopic (exact) mass is 264 g/mol. The van der Waals surface area contributed by atoms with Crippen molar-refractivity contribution in [2.24, 2.45) is 5.73 Å². The molecular formula is C11H15Cl2FN2. The highest BCUT2D eigenvalue weighted by Crippen LogP contribution is 2.20. The highest BCUT2D eigenvalue weighted by molar-refractivity contribution is 6.30. The molecule has 5 heteroatoms. The fourth-order valence-electron chi connectivity index (χ4n) is 1.92. The maximum atomic E-state index is 13.6. The van der Waals surface area contributed by atoms with E-state index in [9.17, 15) is 4.39 Å². The molecule has 1 aliphatic rings. The Morgan fingerprint density at radius 2 is 2.25 bits per heavy atom. The van der Waals surface area contributed by atoms with Crippen molar-refractivity contribution in [2.75, 3.05) is 13.1 Å². The van der Waals surface area contributed by atoms with E-state index in [0.717, 1.165) is 19.5 Å². The fourth-order valence-corrected chi connectivity index (χ4v) is 2.11. The smallest absolute Gasteiger partial charge is 0.146 e. The number of nitrogens with zero attached hydrogens (tertiary/aromatic N) is 1. The lowest BCUT2D eigenvalue weighted by molar-refractivity contribution is 0.321. The second-order valence-corrected chi connectivity index (χ2v) is 4.40. The lowest BCUT2D eigenvalue weighted by atomic mass is 10.2. The minimum atomic E-state index is -0.306. The van der Waals surface area contributed by atoms with E-state index in [4.69, 9.17) is 17.3 Å². The molecule has 0 bridgehead atoms. The molecule has 1 aromatic rings. The third-order valence-corrected chi connectivity index (χ3v) is 3.03. The number of hydrogen-bond acceptors (Lipinski definition) is 2. The summed E-state index contributed by atoms with van der Waals surface area (Å²) in [4.78, 5) is 2.15. The molecule has 2 N–H and O–H groups in total. The molecule has 0 unspecified atom stereocenters. The fraction of sp³-hybridized carbons (Fsp3) is 0.455. The van der Waals surface area contributed by atoms with Crippen LogP contribution in [0.1, 0.15) is 12.0 Å². The second kappa shape index (κ2) is 5.82. The van der Waals surface area contributed by atoms with E-state index in [1.54, 1.807) is 18.2 Å². The zero-order chi connectivity index (χ0) is 10.8. The minimum Gasteiger partial charge on any atom is -0.326 e. The average Bonchev–Trinajstić information content (AvgIpc) is 2.59. The predicted octanol–water partition coefficient (Wildman–Crippen LogP) is 2.43. The lowest BCUT2D eigenvalue weighted by Gasteiger charge is -2.15. The van der Waals surface area contributed by atoms with Gasteiger partial charge in [0.05, 0.1) is 5.02 Å². The van der Waals surface area contributed by atoms with Crippen molar-refractivity contribution >= 4 is 24.0 Å². The molecule has 1 heterocycles. The molecule has 1 aromatic carbocycles. The minimum absolute atomic E-state index is 0. The van der Waals surface area contributed by atoms with Crippen LogP contribution in [0.2, 0.25) is 5.02 Å². The molecule has 2 nitrogen and oxygen atoms in total. The molecular weight excluding hydrogens is 250 g/mol. The van der Waals surface area contributed by atoms with Crippen LogP contribution in [-0.4, -0.2) is 24.0 Å². The van der Waals surface area contributed by atoms with Crippen molar-refractivity contribution in [2.45, 2.75) is 19.0 Å². The van der Waals surface area contributed by atoms with Crippen molar-refractivity contribution in [3.63, 3.8) is 0 Å². The molecule has 1 atom stereocenters. The Labute approximate surface area is 106 Å². The summed E-state index contributed by atoms with van der Waals surface area (Å²) in [5.74, 6) is -0.306. The summed E-state index contributed by atoms with van der Waals surface area (Å²) in [6, 6.07) is 5.34. The summed E-state index contributed by atoms with van der Waals surface area (Å²) in [5, 5.41) is 0.191. The van der Waals surface area contributed by atoms with Crippen LogP contribution >= 0.6 is 24.0 Å². The molecule has 0 radical (unpaired) electrons. The van der Waals surface area contributed by atoms with Crippen LogP contribution in [0.4, 0.5) is 4.39 Å². The molecule has 0 aliphatic carbocycles. The topological polar surface area (TPSA) is 29.3 Å². The Morgan fingerprint density at radius 3 is 2.88 bits per heavy atom. The normalized spacial score (nSPS) is 20.8. The van der Waals surface area contributed by atoms with Gasteiger partial charge in [0.15, 0.2) is 0 Å². The lowest BCUT2D eigenvalue weighted by Crippen LogP contribution is -2.26. The van der Waals surface area contributed by atoms with Gasteiger partial charge in [-0.1, -0.05) is 23.7 Å². The van der Waals surface area contributed by atoms with Gasteiger partial charge in [-0.15, -0.1) is 12.4 Å². The van der Waals surface area contributed by atoms with Gasteiger partial charge < -0.3 is 5.73 Å². The van der Waals surface area contributed by atoms with Crippen LogP contribution in [0, 0.1) is 5.82 Å². The van der Waals surface area contributed by atoms with Crippen LogP contribution in [-0.2, 0) is 6.54 Å². The molecule has 2 rings (SSSR count). The highest BCUT2D eigenvalue weighted by atomic mass is 35.5. The quantitative estimate of drug-likeness (QED) is 0.889. The van der Waals surface area contributed by atoms with Gasteiger partial charge in [0.25, 0.3) is 0 Å². The SMILES string of the molecule is Cl.N[C@@H]1CCN(Cc2cccc(Cl)c2F)C1. The number of rotatable bonds is 2. The molecule has 0 spiro atoms. The van der Waals surface area contributed by atoms with Crippen molar-refractivity contribution in [1.29, 1.82) is 0 Å². The van der Waals surface area contributed by atoms with Gasteiger partial charge in [0.2, 0.25) is 0 Å². The Morgan fingerprint density at radius 1 is 1.50 bits per heavy atom. The summed E-state index contributed by atoms with van der Waals surface area (Å²) in [5.41, 5.74) is 6.43. The van der Waals surface area contributed by atoms with Crippen LogP contribution in [0.15, 0.2) is 18.2 Å². The van der Waals surface area contributed by atoms with E-state index < -0.39 is 0 Å².